The van der Waals surface area contributed by atoms with Gasteiger partial charge in [0.2, 0.25) is 5.91 Å². The summed E-state index contributed by atoms with van der Waals surface area (Å²) in [5.74, 6) is 1.29. The van der Waals surface area contributed by atoms with E-state index in [4.69, 9.17) is 10.5 Å². The van der Waals surface area contributed by atoms with Gasteiger partial charge in [0, 0.05) is 18.3 Å². The maximum atomic E-state index is 12.3. The van der Waals surface area contributed by atoms with Crippen LogP contribution in [0.25, 0.3) is 0 Å². The van der Waals surface area contributed by atoms with E-state index in [1.165, 1.54) is 0 Å². The van der Waals surface area contributed by atoms with Gasteiger partial charge in [-0.2, -0.15) is 0 Å². The zero-order chi connectivity index (χ0) is 14.6. The molecule has 3 N–H and O–H groups in total. The van der Waals surface area contributed by atoms with Crippen molar-refractivity contribution in [2.45, 2.75) is 33.1 Å². The van der Waals surface area contributed by atoms with Gasteiger partial charge in [-0.3, -0.25) is 4.79 Å². The molecule has 1 aromatic rings. The summed E-state index contributed by atoms with van der Waals surface area (Å²) in [5, 5.41) is 2.96. The maximum Gasteiger partial charge on any atom is 0.231 e. The molecule has 4 nitrogen and oxygen atoms in total. The molecular formula is C16H24N2O2. The van der Waals surface area contributed by atoms with Crippen LogP contribution in [0.2, 0.25) is 0 Å². The molecule has 1 aromatic carbocycles. The molecule has 110 valence electrons. The van der Waals surface area contributed by atoms with E-state index in [1.54, 1.807) is 0 Å². The van der Waals surface area contributed by atoms with Gasteiger partial charge in [0.25, 0.3) is 0 Å². The molecule has 1 aliphatic carbocycles. The van der Waals surface area contributed by atoms with Gasteiger partial charge >= 0.3 is 0 Å². The summed E-state index contributed by atoms with van der Waals surface area (Å²) in [6.45, 7) is 5.30. The first-order valence-electron chi connectivity index (χ1n) is 7.30. The second-order valence-corrected chi connectivity index (χ2v) is 6.02. The zero-order valence-corrected chi connectivity index (χ0v) is 12.3. The third kappa shape index (κ3) is 3.31. The molecule has 1 saturated carbocycles. The molecule has 0 bridgehead atoms. The van der Waals surface area contributed by atoms with Crippen molar-refractivity contribution >= 4 is 11.6 Å². The maximum absolute atomic E-state index is 12.3. The highest BCUT2D eigenvalue weighted by molar-refractivity contribution is 5.96. The molecular weight excluding hydrogens is 252 g/mol. The Morgan fingerprint density at radius 3 is 2.75 bits per heavy atom. The lowest BCUT2D eigenvalue weighted by molar-refractivity contribution is -0.129. The SMILES string of the molecule is CC(C)COc1cccc(NC(=O)C2(CN)CCC2)c1. The zero-order valence-electron chi connectivity index (χ0n) is 12.3. The molecule has 20 heavy (non-hydrogen) atoms. The summed E-state index contributed by atoms with van der Waals surface area (Å²) < 4.78 is 5.67. The highest BCUT2D eigenvalue weighted by Crippen LogP contribution is 2.40. The predicted molar refractivity (Wildman–Crippen MR) is 80.7 cm³/mol. The van der Waals surface area contributed by atoms with Crippen LogP contribution in [0.1, 0.15) is 33.1 Å². The van der Waals surface area contributed by atoms with Crippen molar-refractivity contribution in [1.29, 1.82) is 0 Å². The van der Waals surface area contributed by atoms with Crippen LogP contribution in [0.15, 0.2) is 24.3 Å². The average molecular weight is 276 g/mol. The van der Waals surface area contributed by atoms with Crippen molar-refractivity contribution in [2.75, 3.05) is 18.5 Å². The summed E-state index contributed by atoms with van der Waals surface area (Å²) in [6.07, 6.45) is 2.86. The molecule has 1 aliphatic rings. The summed E-state index contributed by atoms with van der Waals surface area (Å²) in [5.41, 5.74) is 6.17. The Bertz CT molecular complexity index is 462. The molecule has 0 aromatic heterocycles. The largest absolute Gasteiger partial charge is 0.493 e. The van der Waals surface area contributed by atoms with Gasteiger partial charge in [-0.05, 0) is 30.9 Å². The summed E-state index contributed by atoms with van der Waals surface area (Å²) >= 11 is 0. The van der Waals surface area contributed by atoms with Crippen LogP contribution in [0.3, 0.4) is 0 Å². The lowest BCUT2D eigenvalue weighted by atomic mass is 9.68. The number of rotatable bonds is 6. The average Bonchev–Trinajstić information content (AvgIpc) is 2.36. The fraction of sp³-hybridized carbons (Fsp3) is 0.562. The van der Waals surface area contributed by atoms with Gasteiger partial charge in [-0.15, -0.1) is 0 Å². The number of hydrogen-bond acceptors (Lipinski definition) is 3. The van der Waals surface area contributed by atoms with Crippen LogP contribution in [-0.4, -0.2) is 19.1 Å². The molecule has 0 atom stereocenters. The van der Waals surface area contributed by atoms with E-state index in [1.807, 2.05) is 24.3 Å². The monoisotopic (exact) mass is 276 g/mol. The van der Waals surface area contributed by atoms with Gasteiger partial charge < -0.3 is 15.8 Å². The number of nitrogens with one attached hydrogen (secondary N) is 1. The Labute approximate surface area is 120 Å². The van der Waals surface area contributed by atoms with Crippen molar-refractivity contribution in [3.63, 3.8) is 0 Å². The van der Waals surface area contributed by atoms with Crippen LogP contribution >= 0.6 is 0 Å². The van der Waals surface area contributed by atoms with Crippen molar-refractivity contribution in [3.8, 4) is 5.75 Å². The van der Waals surface area contributed by atoms with Crippen molar-refractivity contribution < 1.29 is 9.53 Å². The van der Waals surface area contributed by atoms with Gasteiger partial charge in [0.1, 0.15) is 5.75 Å². The number of carbonyl (C=O) groups excluding carboxylic acids is 1. The highest BCUT2D eigenvalue weighted by atomic mass is 16.5. The van der Waals surface area contributed by atoms with E-state index in [9.17, 15) is 4.79 Å². The Morgan fingerprint density at radius 1 is 1.45 bits per heavy atom. The van der Waals surface area contributed by atoms with Crippen molar-refractivity contribution in [1.82, 2.24) is 0 Å². The predicted octanol–water partition coefficient (Wildman–Crippen LogP) is 2.79. The van der Waals surface area contributed by atoms with E-state index in [0.29, 0.717) is 19.1 Å². The number of amides is 1. The number of benzene rings is 1. The Kier molecular flexibility index (Phi) is 4.65. The Morgan fingerprint density at radius 2 is 2.20 bits per heavy atom. The molecule has 0 aliphatic heterocycles. The minimum absolute atomic E-state index is 0.0345. The second-order valence-electron chi connectivity index (χ2n) is 6.02. The third-order valence-electron chi connectivity index (χ3n) is 3.86. The fourth-order valence-electron chi connectivity index (χ4n) is 2.32. The quantitative estimate of drug-likeness (QED) is 0.839. The highest BCUT2D eigenvalue weighted by Gasteiger charge is 2.42. The number of anilines is 1. The smallest absolute Gasteiger partial charge is 0.231 e. The molecule has 1 fully saturated rings. The summed E-state index contributed by atoms with van der Waals surface area (Å²) in [4.78, 5) is 12.3. The van der Waals surface area contributed by atoms with Gasteiger partial charge in [0.15, 0.2) is 0 Å². The van der Waals surface area contributed by atoms with Crippen LogP contribution in [-0.2, 0) is 4.79 Å². The molecule has 0 unspecified atom stereocenters. The molecule has 0 radical (unpaired) electrons. The third-order valence-corrected chi connectivity index (χ3v) is 3.86. The number of carbonyl (C=O) groups is 1. The minimum atomic E-state index is -0.352. The van der Waals surface area contributed by atoms with E-state index in [2.05, 4.69) is 19.2 Å². The lowest BCUT2D eigenvalue weighted by Gasteiger charge is -2.39. The first kappa shape index (κ1) is 14.9. The van der Waals surface area contributed by atoms with Crippen molar-refractivity contribution in [2.24, 2.45) is 17.1 Å². The van der Waals surface area contributed by atoms with E-state index < -0.39 is 0 Å². The van der Waals surface area contributed by atoms with Crippen LogP contribution in [0, 0.1) is 11.3 Å². The first-order chi connectivity index (χ1) is 9.55. The second kappa shape index (κ2) is 6.27. The van der Waals surface area contributed by atoms with Crippen LogP contribution in [0.4, 0.5) is 5.69 Å². The van der Waals surface area contributed by atoms with Crippen LogP contribution in [0.5, 0.6) is 5.75 Å². The van der Waals surface area contributed by atoms with Gasteiger partial charge in [-0.25, -0.2) is 0 Å². The molecule has 0 saturated heterocycles. The Hall–Kier alpha value is -1.55. The number of nitrogens with two attached hydrogens (primary N) is 1. The standard InChI is InChI=1S/C16H24N2O2/c1-12(2)10-20-14-6-3-5-13(9-14)18-15(19)16(11-17)7-4-8-16/h3,5-6,9,12H,4,7-8,10-11,17H2,1-2H3,(H,18,19). The van der Waals surface area contributed by atoms with E-state index in [-0.39, 0.29) is 11.3 Å². The van der Waals surface area contributed by atoms with Crippen LogP contribution < -0.4 is 15.8 Å². The molecule has 2 rings (SSSR count). The number of hydrogen-bond donors (Lipinski definition) is 2. The first-order valence-corrected chi connectivity index (χ1v) is 7.30. The van der Waals surface area contributed by atoms with Crippen molar-refractivity contribution in [3.05, 3.63) is 24.3 Å². The van der Waals surface area contributed by atoms with E-state index in [0.717, 1.165) is 30.7 Å². The van der Waals surface area contributed by atoms with E-state index >= 15 is 0 Å². The fourth-order valence-corrected chi connectivity index (χ4v) is 2.32. The van der Waals surface area contributed by atoms with Gasteiger partial charge in [-0.1, -0.05) is 26.3 Å². The summed E-state index contributed by atoms with van der Waals surface area (Å²) in [6, 6.07) is 7.54. The Balaban J connectivity index is 1.99. The molecule has 1 amide bonds. The number of ether oxygens (including phenoxy) is 1. The summed E-state index contributed by atoms with van der Waals surface area (Å²) in [7, 11) is 0. The lowest BCUT2D eigenvalue weighted by Crippen LogP contribution is -2.47. The molecule has 0 spiro atoms. The minimum Gasteiger partial charge on any atom is -0.493 e. The molecule has 4 heteroatoms. The topological polar surface area (TPSA) is 64.3 Å². The molecule has 0 heterocycles. The van der Waals surface area contributed by atoms with Gasteiger partial charge in [0.05, 0.1) is 12.0 Å². The normalized spacial score (nSPS) is 16.6.